The standard InChI is InChI=1S/C65H44/c1-65(2)60-21-10-9-18-50(60)51-29-28-47(38-61(51)65)62-56-30-26-46(44-25-23-40-13-4-6-15-42(40)35-44)37-59(56)64(55-33-32-54-49-17-8-7-16-48(49)52-19-11-20-53(55)63(52)54)57-31-27-45(36-58(57)62)43-24-22-39-12-3-5-14-41(39)34-43/h3-4,6-13,15-38H,5,14H2,1-2H3. The minimum atomic E-state index is -0.123. The van der Waals surface area contributed by atoms with E-state index in [-0.39, 0.29) is 5.41 Å². The van der Waals surface area contributed by atoms with Gasteiger partial charge in [-0.2, -0.15) is 0 Å². The molecule has 0 spiro atoms. The smallest absolute Gasteiger partial charge is 0.0159 e. The van der Waals surface area contributed by atoms with E-state index < -0.39 is 0 Å². The third-order valence-corrected chi connectivity index (χ3v) is 15.2. The van der Waals surface area contributed by atoms with Gasteiger partial charge in [0, 0.05) is 5.41 Å². The van der Waals surface area contributed by atoms with Crippen molar-refractivity contribution in [2.24, 2.45) is 0 Å². The fourth-order valence-electron chi connectivity index (χ4n) is 12.1. The van der Waals surface area contributed by atoms with Crippen LogP contribution in [-0.2, 0) is 11.8 Å². The molecule has 304 valence electrons. The van der Waals surface area contributed by atoms with E-state index in [0.717, 1.165) is 12.8 Å². The first-order valence-corrected chi connectivity index (χ1v) is 23.2. The maximum atomic E-state index is 2.52. The van der Waals surface area contributed by atoms with E-state index in [0.29, 0.717) is 0 Å². The molecule has 0 aliphatic heterocycles. The van der Waals surface area contributed by atoms with Crippen molar-refractivity contribution in [2.75, 3.05) is 0 Å². The van der Waals surface area contributed by atoms with Gasteiger partial charge in [0.1, 0.15) is 0 Å². The number of rotatable bonds is 4. The normalized spacial score (nSPS) is 13.9. The zero-order chi connectivity index (χ0) is 43.0. The summed E-state index contributed by atoms with van der Waals surface area (Å²) in [6.45, 7) is 4.79. The molecule has 0 radical (unpaired) electrons. The van der Waals surface area contributed by atoms with Crippen molar-refractivity contribution in [3.8, 4) is 77.9 Å². The van der Waals surface area contributed by atoms with Crippen molar-refractivity contribution in [3.63, 3.8) is 0 Å². The van der Waals surface area contributed by atoms with Gasteiger partial charge in [-0.15, -0.1) is 0 Å². The monoisotopic (exact) mass is 824 g/mol. The van der Waals surface area contributed by atoms with Gasteiger partial charge in [-0.3, -0.25) is 0 Å². The molecule has 11 aromatic rings. The van der Waals surface area contributed by atoms with Crippen LogP contribution in [0.15, 0.2) is 200 Å². The van der Waals surface area contributed by atoms with Gasteiger partial charge in [-0.25, -0.2) is 0 Å². The van der Waals surface area contributed by atoms with Crippen LogP contribution in [0, 0.1) is 0 Å². The lowest BCUT2D eigenvalue weighted by atomic mass is 9.79. The Morgan fingerprint density at radius 3 is 1.77 bits per heavy atom. The van der Waals surface area contributed by atoms with E-state index >= 15 is 0 Å². The van der Waals surface area contributed by atoms with Crippen molar-refractivity contribution in [2.45, 2.75) is 32.1 Å². The van der Waals surface area contributed by atoms with Crippen molar-refractivity contribution in [3.05, 3.63) is 222 Å². The molecule has 3 aliphatic rings. The van der Waals surface area contributed by atoms with Gasteiger partial charge in [0.15, 0.2) is 0 Å². The summed E-state index contributed by atoms with van der Waals surface area (Å²) in [6.07, 6.45) is 6.76. The van der Waals surface area contributed by atoms with Gasteiger partial charge < -0.3 is 0 Å². The Morgan fingerprint density at radius 2 is 0.938 bits per heavy atom. The van der Waals surface area contributed by atoms with E-state index in [1.54, 1.807) is 0 Å². The van der Waals surface area contributed by atoms with Crippen molar-refractivity contribution in [1.82, 2.24) is 0 Å². The van der Waals surface area contributed by atoms with Gasteiger partial charge in [0.05, 0.1) is 0 Å². The Balaban J connectivity index is 1.10. The Kier molecular flexibility index (Phi) is 7.67. The van der Waals surface area contributed by atoms with Crippen molar-refractivity contribution in [1.29, 1.82) is 0 Å². The van der Waals surface area contributed by atoms with Crippen LogP contribution in [0.1, 0.15) is 42.5 Å². The Labute approximate surface area is 379 Å². The van der Waals surface area contributed by atoms with Gasteiger partial charge in [0.25, 0.3) is 0 Å². The summed E-state index contributed by atoms with van der Waals surface area (Å²) >= 11 is 0. The minimum Gasteiger partial charge on any atom is -0.0836 e. The highest BCUT2D eigenvalue weighted by Crippen LogP contribution is 2.54. The largest absolute Gasteiger partial charge is 0.0836 e. The molecule has 0 unspecified atom stereocenters. The zero-order valence-corrected chi connectivity index (χ0v) is 36.5. The Morgan fingerprint density at radius 1 is 0.354 bits per heavy atom. The Hall–Kier alpha value is -7.80. The third kappa shape index (κ3) is 5.32. The van der Waals surface area contributed by atoms with Gasteiger partial charge >= 0.3 is 0 Å². The number of fused-ring (bicyclic) bond motifs is 10. The van der Waals surface area contributed by atoms with Crippen LogP contribution < -0.4 is 0 Å². The van der Waals surface area contributed by atoms with E-state index in [4.69, 9.17) is 0 Å². The SMILES string of the molecule is CC1(C)c2ccccc2-c2ccc(-c3c4cc(-c5ccc6c(c5)CCC=C6)ccc4c(-c4ccc5c6c(cccc46)-c4ccccc4-5)c4cc(-c5ccc6ccccc6c5)ccc34)cc21. The van der Waals surface area contributed by atoms with Crippen LogP contribution in [0.3, 0.4) is 0 Å². The first-order valence-electron chi connectivity index (χ1n) is 23.2. The molecule has 0 saturated carbocycles. The number of hydrogen-bond donors (Lipinski definition) is 0. The molecular formula is C65H44. The van der Waals surface area contributed by atoms with Crippen LogP contribution in [0.2, 0.25) is 0 Å². The first-order chi connectivity index (χ1) is 32.0. The lowest BCUT2D eigenvalue weighted by molar-refractivity contribution is 0.660. The summed E-state index contributed by atoms with van der Waals surface area (Å²) < 4.78 is 0. The lowest BCUT2D eigenvalue weighted by Gasteiger charge is -2.24. The summed E-state index contributed by atoms with van der Waals surface area (Å²) in [5, 5.41) is 10.2. The average Bonchev–Trinajstić information content (AvgIpc) is 3.81. The van der Waals surface area contributed by atoms with Crippen LogP contribution in [0.5, 0.6) is 0 Å². The van der Waals surface area contributed by atoms with Crippen molar-refractivity contribution >= 4 is 49.2 Å². The quantitative estimate of drug-likeness (QED) is 0.155. The second kappa shape index (κ2) is 13.6. The summed E-state index contributed by atoms with van der Waals surface area (Å²) in [7, 11) is 0. The highest BCUT2D eigenvalue weighted by atomic mass is 14.4. The fourth-order valence-corrected chi connectivity index (χ4v) is 12.1. The highest BCUT2D eigenvalue weighted by molar-refractivity contribution is 6.27. The zero-order valence-electron chi connectivity index (χ0n) is 36.5. The number of hydrogen-bond acceptors (Lipinski definition) is 0. The molecule has 3 aliphatic carbocycles. The van der Waals surface area contributed by atoms with Crippen LogP contribution in [0.4, 0.5) is 0 Å². The van der Waals surface area contributed by atoms with Crippen LogP contribution in [-0.4, -0.2) is 0 Å². The summed E-state index contributed by atoms with van der Waals surface area (Å²) in [4.78, 5) is 0. The second-order valence-electron chi connectivity index (χ2n) is 19.1. The molecule has 0 bridgehead atoms. The summed E-state index contributed by atoms with van der Waals surface area (Å²) in [5.41, 5.74) is 23.5. The van der Waals surface area contributed by atoms with Gasteiger partial charge in [0.2, 0.25) is 0 Å². The fraction of sp³-hybridized carbons (Fsp3) is 0.0769. The highest BCUT2D eigenvalue weighted by Gasteiger charge is 2.36. The molecule has 14 rings (SSSR count). The van der Waals surface area contributed by atoms with E-state index in [9.17, 15) is 0 Å². The molecular weight excluding hydrogens is 781 g/mol. The summed E-state index contributed by atoms with van der Waals surface area (Å²) in [6, 6.07) is 74.3. The molecule has 0 fully saturated rings. The number of benzene rings is 11. The predicted octanol–water partition coefficient (Wildman–Crippen LogP) is 17.9. The molecule has 0 amide bonds. The van der Waals surface area contributed by atoms with E-state index in [1.165, 1.54) is 143 Å². The molecule has 0 atom stereocenters. The maximum Gasteiger partial charge on any atom is 0.0159 e. The average molecular weight is 825 g/mol. The van der Waals surface area contributed by atoms with E-state index in [2.05, 4.69) is 220 Å². The number of aryl methyl sites for hydroxylation is 1. The number of allylic oxidation sites excluding steroid dienone is 1. The molecule has 0 aromatic heterocycles. The Bertz CT molecular complexity index is 3880. The van der Waals surface area contributed by atoms with Gasteiger partial charge in [-0.1, -0.05) is 196 Å². The molecule has 65 heavy (non-hydrogen) atoms. The topological polar surface area (TPSA) is 0 Å². The third-order valence-electron chi connectivity index (χ3n) is 15.2. The molecule has 0 nitrogen and oxygen atoms in total. The summed E-state index contributed by atoms with van der Waals surface area (Å²) in [5.74, 6) is 0. The molecule has 0 saturated heterocycles. The van der Waals surface area contributed by atoms with Crippen LogP contribution in [0.25, 0.3) is 127 Å². The molecule has 0 N–H and O–H groups in total. The molecule has 11 aromatic carbocycles. The first kappa shape index (κ1) is 36.7. The predicted molar refractivity (Wildman–Crippen MR) is 278 cm³/mol. The maximum absolute atomic E-state index is 2.52. The van der Waals surface area contributed by atoms with Crippen molar-refractivity contribution < 1.29 is 0 Å². The minimum absolute atomic E-state index is 0.123. The molecule has 0 heteroatoms. The van der Waals surface area contributed by atoms with Crippen LogP contribution >= 0.6 is 0 Å². The van der Waals surface area contributed by atoms with E-state index in [1.807, 2.05) is 0 Å². The molecule has 0 heterocycles. The van der Waals surface area contributed by atoms with Gasteiger partial charge in [-0.05, 0) is 180 Å². The lowest BCUT2D eigenvalue weighted by Crippen LogP contribution is -2.14. The second-order valence-corrected chi connectivity index (χ2v) is 19.1.